The van der Waals surface area contributed by atoms with Gasteiger partial charge in [-0.25, -0.2) is 4.39 Å². The van der Waals surface area contributed by atoms with Crippen molar-refractivity contribution in [3.8, 4) is 0 Å². The standard InChI is InChI=1S/C14H18ClFN2O/c1-17-14(19)11-3-2-4-13(11)18-8-9-5-6-10(15)7-12(9)16/h5-7,11,13,18H,2-4,8H2,1H3,(H,17,19)/t11-,13-/m1/s1. The lowest BCUT2D eigenvalue weighted by atomic mass is 10.0. The normalized spacial score (nSPS) is 22.5. The Bertz CT molecular complexity index is 467. The third-order valence-electron chi connectivity index (χ3n) is 3.67. The highest BCUT2D eigenvalue weighted by molar-refractivity contribution is 6.30. The summed E-state index contributed by atoms with van der Waals surface area (Å²) in [5.41, 5.74) is 0.576. The molecule has 0 spiro atoms. The Balaban J connectivity index is 1.96. The number of carbonyl (C=O) groups is 1. The molecule has 0 radical (unpaired) electrons. The molecule has 104 valence electrons. The molecule has 1 aromatic carbocycles. The number of benzene rings is 1. The SMILES string of the molecule is CNC(=O)[C@@H]1CCC[C@H]1NCc1ccc(Cl)cc1F. The van der Waals surface area contributed by atoms with E-state index in [1.807, 2.05) is 0 Å². The maximum Gasteiger partial charge on any atom is 0.224 e. The second-order valence-corrected chi connectivity index (χ2v) is 5.31. The fourth-order valence-corrected chi connectivity index (χ4v) is 2.77. The molecule has 1 saturated carbocycles. The van der Waals surface area contributed by atoms with Crippen LogP contribution in [0.3, 0.4) is 0 Å². The van der Waals surface area contributed by atoms with E-state index in [9.17, 15) is 9.18 Å². The molecule has 0 bridgehead atoms. The van der Waals surface area contributed by atoms with Gasteiger partial charge >= 0.3 is 0 Å². The van der Waals surface area contributed by atoms with Crippen molar-refractivity contribution in [2.24, 2.45) is 5.92 Å². The second-order valence-electron chi connectivity index (χ2n) is 4.87. The van der Waals surface area contributed by atoms with Crippen molar-refractivity contribution >= 4 is 17.5 Å². The van der Waals surface area contributed by atoms with E-state index >= 15 is 0 Å². The minimum absolute atomic E-state index is 0.0136. The van der Waals surface area contributed by atoms with Gasteiger partial charge in [-0.15, -0.1) is 0 Å². The monoisotopic (exact) mass is 284 g/mol. The summed E-state index contributed by atoms with van der Waals surface area (Å²) in [6.45, 7) is 0.418. The van der Waals surface area contributed by atoms with Crippen LogP contribution in [0.4, 0.5) is 4.39 Å². The molecule has 2 atom stereocenters. The smallest absolute Gasteiger partial charge is 0.224 e. The second kappa shape index (κ2) is 6.35. The first-order chi connectivity index (χ1) is 9.11. The lowest BCUT2D eigenvalue weighted by molar-refractivity contribution is -0.124. The lowest BCUT2D eigenvalue weighted by Crippen LogP contribution is -2.40. The summed E-state index contributed by atoms with van der Waals surface area (Å²) in [4.78, 5) is 11.7. The quantitative estimate of drug-likeness (QED) is 0.892. The van der Waals surface area contributed by atoms with Gasteiger partial charge < -0.3 is 10.6 Å². The van der Waals surface area contributed by atoms with Crippen molar-refractivity contribution in [1.29, 1.82) is 0 Å². The Morgan fingerprint density at radius 1 is 1.47 bits per heavy atom. The highest BCUT2D eigenvalue weighted by Gasteiger charge is 2.31. The van der Waals surface area contributed by atoms with Crippen molar-refractivity contribution in [1.82, 2.24) is 10.6 Å². The van der Waals surface area contributed by atoms with Gasteiger partial charge in [0.15, 0.2) is 0 Å². The molecule has 0 aromatic heterocycles. The molecule has 0 heterocycles. The molecular formula is C14H18ClFN2O. The van der Waals surface area contributed by atoms with Gasteiger partial charge in [-0.3, -0.25) is 4.79 Å². The van der Waals surface area contributed by atoms with Crippen molar-refractivity contribution in [2.75, 3.05) is 7.05 Å². The number of carbonyl (C=O) groups excluding carboxylic acids is 1. The lowest BCUT2D eigenvalue weighted by Gasteiger charge is -2.20. The minimum Gasteiger partial charge on any atom is -0.359 e. The zero-order valence-corrected chi connectivity index (χ0v) is 11.6. The molecule has 1 amide bonds. The van der Waals surface area contributed by atoms with Gasteiger partial charge in [-0.05, 0) is 25.0 Å². The van der Waals surface area contributed by atoms with Crippen LogP contribution in [0.25, 0.3) is 0 Å². The van der Waals surface area contributed by atoms with Gasteiger partial charge in [0, 0.05) is 30.2 Å². The first kappa shape index (κ1) is 14.3. The fourth-order valence-electron chi connectivity index (χ4n) is 2.61. The Morgan fingerprint density at radius 2 is 2.26 bits per heavy atom. The van der Waals surface area contributed by atoms with Crippen LogP contribution in [0.5, 0.6) is 0 Å². The van der Waals surface area contributed by atoms with Crippen LogP contribution in [-0.4, -0.2) is 19.0 Å². The van der Waals surface area contributed by atoms with Gasteiger partial charge in [0.2, 0.25) is 5.91 Å². The minimum atomic E-state index is -0.311. The molecule has 0 unspecified atom stereocenters. The van der Waals surface area contributed by atoms with Crippen LogP contribution < -0.4 is 10.6 Å². The van der Waals surface area contributed by atoms with Gasteiger partial charge in [-0.1, -0.05) is 24.1 Å². The van der Waals surface area contributed by atoms with Crippen LogP contribution in [0.15, 0.2) is 18.2 Å². The third-order valence-corrected chi connectivity index (χ3v) is 3.90. The molecule has 1 aliphatic carbocycles. The van der Waals surface area contributed by atoms with Crippen LogP contribution >= 0.6 is 11.6 Å². The summed E-state index contributed by atoms with van der Waals surface area (Å²) in [6.07, 6.45) is 2.87. The molecule has 0 aliphatic heterocycles. The number of hydrogen-bond acceptors (Lipinski definition) is 2. The number of halogens is 2. The topological polar surface area (TPSA) is 41.1 Å². The van der Waals surface area contributed by atoms with E-state index in [4.69, 9.17) is 11.6 Å². The molecule has 2 rings (SSSR count). The molecular weight excluding hydrogens is 267 g/mol. The molecule has 1 fully saturated rings. The van der Waals surface area contributed by atoms with E-state index < -0.39 is 0 Å². The largest absolute Gasteiger partial charge is 0.359 e. The highest BCUT2D eigenvalue weighted by Crippen LogP contribution is 2.26. The average molecular weight is 285 g/mol. The highest BCUT2D eigenvalue weighted by atomic mass is 35.5. The van der Waals surface area contributed by atoms with E-state index in [-0.39, 0.29) is 23.7 Å². The molecule has 1 aliphatic rings. The van der Waals surface area contributed by atoms with Crippen molar-refractivity contribution in [3.05, 3.63) is 34.6 Å². The van der Waals surface area contributed by atoms with E-state index in [1.165, 1.54) is 6.07 Å². The van der Waals surface area contributed by atoms with Gasteiger partial charge in [0.25, 0.3) is 0 Å². The maximum atomic E-state index is 13.6. The summed E-state index contributed by atoms with van der Waals surface area (Å²) >= 11 is 5.71. The Hall–Kier alpha value is -1.13. The summed E-state index contributed by atoms with van der Waals surface area (Å²) < 4.78 is 13.6. The van der Waals surface area contributed by atoms with E-state index in [2.05, 4.69) is 10.6 Å². The van der Waals surface area contributed by atoms with Gasteiger partial charge in [-0.2, -0.15) is 0 Å². The van der Waals surface area contributed by atoms with Crippen molar-refractivity contribution in [2.45, 2.75) is 31.8 Å². The van der Waals surface area contributed by atoms with Crippen molar-refractivity contribution < 1.29 is 9.18 Å². The molecule has 2 N–H and O–H groups in total. The maximum absolute atomic E-state index is 13.6. The van der Waals surface area contributed by atoms with Crippen LogP contribution in [-0.2, 0) is 11.3 Å². The zero-order valence-electron chi connectivity index (χ0n) is 10.9. The third kappa shape index (κ3) is 3.45. The Morgan fingerprint density at radius 3 is 2.95 bits per heavy atom. The predicted octanol–water partition coefficient (Wildman–Crippen LogP) is 2.48. The summed E-state index contributed by atoms with van der Waals surface area (Å²) in [6, 6.07) is 4.78. The van der Waals surface area contributed by atoms with E-state index in [0.717, 1.165) is 19.3 Å². The Kier molecular flexibility index (Phi) is 4.77. The fraction of sp³-hybridized carbons (Fsp3) is 0.500. The summed E-state index contributed by atoms with van der Waals surface area (Å²) in [5.74, 6) is -0.263. The molecule has 1 aromatic rings. The molecule has 3 nitrogen and oxygen atoms in total. The number of nitrogens with one attached hydrogen (secondary N) is 2. The number of hydrogen-bond donors (Lipinski definition) is 2. The summed E-state index contributed by atoms with van der Waals surface area (Å²) in [7, 11) is 1.65. The predicted molar refractivity (Wildman–Crippen MR) is 73.4 cm³/mol. The molecule has 0 saturated heterocycles. The number of amides is 1. The summed E-state index contributed by atoms with van der Waals surface area (Å²) in [5, 5.41) is 6.36. The van der Waals surface area contributed by atoms with Crippen LogP contribution in [0.2, 0.25) is 5.02 Å². The Labute approximate surface area is 117 Å². The van der Waals surface area contributed by atoms with E-state index in [1.54, 1.807) is 19.2 Å². The van der Waals surface area contributed by atoms with Crippen molar-refractivity contribution in [3.63, 3.8) is 0 Å². The van der Waals surface area contributed by atoms with Gasteiger partial charge in [0.1, 0.15) is 5.82 Å². The zero-order chi connectivity index (χ0) is 13.8. The molecule has 19 heavy (non-hydrogen) atoms. The van der Waals surface area contributed by atoms with Gasteiger partial charge in [0.05, 0.1) is 5.92 Å². The van der Waals surface area contributed by atoms with Crippen LogP contribution in [0.1, 0.15) is 24.8 Å². The molecule has 5 heteroatoms. The number of rotatable bonds is 4. The first-order valence-electron chi connectivity index (χ1n) is 6.50. The first-order valence-corrected chi connectivity index (χ1v) is 6.88. The van der Waals surface area contributed by atoms with Crippen LogP contribution in [0, 0.1) is 11.7 Å². The average Bonchev–Trinajstić information content (AvgIpc) is 2.85. The van der Waals surface area contributed by atoms with E-state index in [0.29, 0.717) is 17.1 Å².